The molecule has 0 saturated heterocycles. The molecule has 1 unspecified atom stereocenters. The smallest absolute Gasteiger partial charge is 0.344 e. The van der Waals surface area contributed by atoms with Crippen molar-refractivity contribution >= 4 is 11.7 Å². The second kappa shape index (κ2) is 15.4. The molecule has 0 spiro atoms. The Labute approximate surface area is 165 Å². The number of carboxylic acids is 1. The zero-order valence-corrected chi connectivity index (χ0v) is 17.3. The van der Waals surface area contributed by atoms with Gasteiger partial charge in [-0.1, -0.05) is 71.6 Å². The zero-order chi connectivity index (χ0) is 19.7. The summed E-state index contributed by atoms with van der Waals surface area (Å²) in [6.45, 7) is 5.40. The Hall–Kier alpha value is -1.71. The lowest BCUT2D eigenvalue weighted by atomic mass is 10.1. The van der Waals surface area contributed by atoms with Crippen LogP contribution in [0.5, 0.6) is 5.75 Å². The van der Waals surface area contributed by atoms with E-state index < -0.39 is 12.1 Å². The summed E-state index contributed by atoms with van der Waals surface area (Å²) in [6.07, 6.45) is 13.0. The molecule has 27 heavy (non-hydrogen) atoms. The quantitative estimate of drug-likeness (QED) is 0.298. The minimum absolute atomic E-state index is 0.569. The Balaban J connectivity index is 2.30. The molecule has 0 bridgehead atoms. The van der Waals surface area contributed by atoms with Crippen LogP contribution in [0.25, 0.3) is 0 Å². The lowest BCUT2D eigenvalue weighted by Gasteiger charge is -2.15. The summed E-state index contributed by atoms with van der Waals surface area (Å²) >= 11 is 0. The number of anilines is 1. The molecule has 0 aliphatic carbocycles. The molecule has 0 radical (unpaired) electrons. The summed E-state index contributed by atoms with van der Waals surface area (Å²) in [6, 6.07) is 7.64. The Morgan fingerprint density at radius 1 is 0.889 bits per heavy atom. The van der Waals surface area contributed by atoms with Crippen LogP contribution in [0.3, 0.4) is 0 Å². The largest absolute Gasteiger partial charge is 0.479 e. The van der Waals surface area contributed by atoms with E-state index in [0.29, 0.717) is 12.2 Å². The van der Waals surface area contributed by atoms with E-state index in [9.17, 15) is 9.90 Å². The lowest BCUT2D eigenvalue weighted by Crippen LogP contribution is -2.26. The van der Waals surface area contributed by atoms with Gasteiger partial charge in [0.25, 0.3) is 0 Å². The Morgan fingerprint density at radius 3 is 2.04 bits per heavy atom. The normalized spacial score (nSPS) is 11.9. The van der Waals surface area contributed by atoms with Crippen LogP contribution in [0.2, 0.25) is 0 Å². The highest BCUT2D eigenvalue weighted by atomic mass is 16.5. The molecule has 0 saturated carbocycles. The molecule has 1 atom stereocenters. The fourth-order valence-electron chi connectivity index (χ4n) is 3.12. The molecule has 154 valence electrons. The molecule has 0 aliphatic rings. The van der Waals surface area contributed by atoms with E-state index in [4.69, 9.17) is 4.74 Å². The number of benzene rings is 1. The van der Waals surface area contributed by atoms with Gasteiger partial charge in [-0.3, -0.25) is 0 Å². The van der Waals surface area contributed by atoms with Gasteiger partial charge in [0.2, 0.25) is 0 Å². The first-order chi connectivity index (χ1) is 13.2. The van der Waals surface area contributed by atoms with Gasteiger partial charge in [0.05, 0.1) is 0 Å². The Kier molecular flexibility index (Phi) is 13.3. The maximum Gasteiger partial charge on any atom is 0.344 e. The van der Waals surface area contributed by atoms with Gasteiger partial charge in [0.15, 0.2) is 6.10 Å². The van der Waals surface area contributed by atoms with E-state index in [1.54, 1.807) is 0 Å². The van der Waals surface area contributed by atoms with Gasteiger partial charge < -0.3 is 15.2 Å². The van der Waals surface area contributed by atoms with Crippen molar-refractivity contribution in [2.24, 2.45) is 0 Å². The van der Waals surface area contributed by atoms with E-state index in [1.165, 1.54) is 57.8 Å². The number of hydrogen-bond acceptors (Lipinski definition) is 3. The number of carboxylic acid groups (broad SMARTS) is 1. The van der Waals surface area contributed by atoms with E-state index >= 15 is 0 Å². The van der Waals surface area contributed by atoms with Crippen LogP contribution in [0.15, 0.2) is 24.3 Å². The second-order valence-corrected chi connectivity index (χ2v) is 7.37. The first-order valence-corrected chi connectivity index (χ1v) is 10.9. The van der Waals surface area contributed by atoms with Crippen molar-refractivity contribution in [3.63, 3.8) is 0 Å². The Bertz CT molecular complexity index is 487. The molecule has 0 aromatic heterocycles. The summed E-state index contributed by atoms with van der Waals surface area (Å²) in [5.74, 6) is -0.250. The van der Waals surface area contributed by atoms with Gasteiger partial charge >= 0.3 is 5.97 Å². The number of unbranched alkanes of at least 4 members (excludes halogenated alkanes) is 9. The SMILES string of the molecule is CCCCCCCCC(Oc1ccc(NCCCCCCC)cc1)C(=O)O. The van der Waals surface area contributed by atoms with E-state index in [2.05, 4.69) is 19.2 Å². The molecule has 2 N–H and O–H groups in total. The van der Waals surface area contributed by atoms with Gasteiger partial charge in [0.1, 0.15) is 5.75 Å². The third-order valence-corrected chi connectivity index (χ3v) is 4.84. The highest BCUT2D eigenvalue weighted by Crippen LogP contribution is 2.19. The van der Waals surface area contributed by atoms with Crippen LogP contribution in [-0.2, 0) is 4.79 Å². The van der Waals surface area contributed by atoms with Crippen LogP contribution in [0, 0.1) is 0 Å². The monoisotopic (exact) mass is 377 g/mol. The topological polar surface area (TPSA) is 58.6 Å². The molecule has 0 amide bonds. The van der Waals surface area contributed by atoms with Gasteiger partial charge in [0, 0.05) is 12.2 Å². The number of ether oxygens (including phenoxy) is 1. The van der Waals surface area contributed by atoms with Crippen molar-refractivity contribution in [3.8, 4) is 5.75 Å². The van der Waals surface area contributed by atoms with Crippen molar-refractivity contribution < 1.29 is 14.6 Å². The second-order valence-electron chi connectivity index (χ2n) is 7.37. The van der Waals surface area contributed by atoms with Crippen LogP contribution in [0.1, 0.15) is 90.9 Å². The van der Waals surface area contributed by atoms with Gasteiger partial charge in [-0.25, -0.2) is 4.79 Å². The molecule has 1 aromatic carbocycles. The van der Waals surface area contributed by atoms with Crippen molar-refractivity contribution in [1.29, 1.82) is 0 Å². The predicted molar refractivity (Wildman–Crippen MR) is 114 cm³/mol. The molecule has 0 aliphatic heterocycles. The molecule has 4 heteroatoms. The minimum atomic E-state index is -0.877. The Morgan fingerprint density at radius 2 is 1.44 bits per heavy atom. The number of hydrogen-bond donors (Lipinski definition) is 2. The summed E-state index contributed by atoms with van der Waals surface area (Å²) in [7, 11) is 0. The fourth-order valence-corrected chi connectivity index (χ4v) is 3.12. The van der Waals surface area contributed by atoms with Gasteiger partial charge in [-0.05, 0) is 43.5 Å². The summed E-state index contributed by atoms with van der Waals surface area (Å²) in [5, 5.41) is 12.8. The first-order valence-electron chi connectivity index (χ1n) is 10.9. The summed E-state index contributed by atoms with van der Waals surface area (Å²) < 4.78 is 5.70. The maximum atomic E-state index is 11.4. The number of carbonyl (C=O) groups is 1. The third kappa shape index (κ3) is 11.6. The average molecular weight is 378 g/mol. The van der Waals surface area contributed by atoms with Crippen LogP contribution >= 0.6 is 0 Å². The number of nitrogens with one attached hydrogen (secondary N) is 1. The molecule has 1 aromatic rings. The predicted octanol–water partition coefficient (Wildman–Crippen LogP) is 6.65. The molecule has 4 nitrogen and oxygen atoms in total. The number of aliphatic carboxylic acids is 1. The average Bonchev–Trinajstić information content (AvgIpc) is 2.67. The highest BCUT2D eigenvalue weighted by molar-refractivity contribution is 5.72. The van der Waals surface area contributed by atoms with Gasteiger partial charge in [-0.2, -0.15) is 0 Å². The maximum absolute atomic E-state index is 11.4. The summed E-state index contributed by atoms with van der Waals surface area (Å²) in [5.41, 5.74) is 1.06. The van der Waals surface area contributed by atoms with E-state index in [1.807, 2.05) is 24.3 Å². The van der Waals surface area contributed by atoms with Crippen molar-refractivity contribution in [3.05, 3.63) is 24.3 Å². The van der Waals surface area contributed by atoms with E-state index in [-0.39, 0.29) is 0 Å². The lowest BCUT2D eigenvalue weighted by molar-refractivity contribution is -0.145. The molecule has 1 rings (SSSR count). The van der Waals surface area contributed by atoms with Crippen LogP contribution in [0.4, 0.5) is 5.69 Å². The third-order valence-electron chi connectivity index (χ3n) is 4.84. The summed E-state index contributed by atoms with van der Waals surface area (Å²) in [4.78, 5) is 11.4. The molecule has 0 fully saturated rings. The highest BCUT2D eigenvalue weighted by Gasteiger charge is 2.18. The molecular weight excluding hydrogens is 338 g/mol. The fraction of sp³-hybridized carbons (Fsp3) is 0.696. The molecular formula is C23H39NO3. The number of rotatable bonds is 17. The first kappa shape index (κ1) is 23.3. The van der Waals surface area contributed by atoms with E-state index in [0.717, 1.165) is 25.1 Å². The van der Waals surface area contributed by atoms with Crippen LogP contribution < -0.4 is 10.1 Å². The van der Waals surface area contributed by atoms with Crippen LogP contribution in [-0.4, -0.2) is 23.7 Å². The standard InChI is InChI=1S/C23H39NO3/c1-3-5-7-9-10-12-14-22(23(25)26)27-21-17-15-20(16-18-21)24-19-13-11-8-6-4-2/h15-18,22,24H,3-14,19H2,1-2H3,(H,25,26). The van der Waals surface area contributed by atoms with Crippen molar-refractivity contribution in [2.45, 2.75) is 97.0 Å². The van der Waals surface area contributed by atoms with Crippen molar-refractivity contribution in [2.75, 3.05) is 11.9 Å². The van der Waals surface area contributed by atoms with Crippen molar-refractivity contribution in [1.82, 2.24) is 0 Å². The zero-order valence-electron chi connectivity index (χ0n) is 17.3. The minimum Gasteiger partial charge on any atom is -0.479 e. The van der Waals surface area contributed by atoms with Gasteiger partial charge in [-0.15, -0.1) is 0 Å². The molecule has 0 heterocycles.